The summed E-state index contributed by atoms with van der Waals surface area (Å²) in [5.41, 5.74) is 1.07. The smallest absolute Gasteiger partial charge is 0.358 e. The summed E-state index contributed by atoms with van der Waals surface area (Å²) in [5, 5.41) is 0.151. The number of ether oxygens (including phenoxy) is 1. The Hall–Kier alpha value is -1.14. The van der Waals surface area contributed by atoms with Crippen LogP contribution in [0.1, 0.15) is 49.7 Å². The molecule has 0 atom stereocenters. The molecule has 5 nitrogen and oxygen atoms in total. The number of nitrogens with zero attached hydrogens (tertiary/aromatic N) is 1. The highest BCUT2D eigenvalue weighted by Crippen LogP contribution is 2.36. The molecule has 20 heavy (non-hydrogen) atoms. The predicted octanol–water partition coefficient (Wildman–Crippen LogP) is 3.42. The van der Waals surface area contributed by atoms with E-state index in [0.29, 0.717) is 24.7 Å². The quantitative estimate of drug-likeness (QED) is 0.668. The topological polar surface area (TPSA) is 64.2 Å². The molecule has 0 spiro atoms. The minimum atomic E-state index is -1.81. The summed E-state index contributed by atoms with van der Waals surface area (Å²) in [5.74, 6) is 0.287. The maximum atomic E-state index is 11.7. The lowest BCUT2D eigenvalue weighted by Crippen LogP contribution is -2.40. The van der Waals surface area contributed by atoms with Gasteiger partial charge in [-0.15, -0.1) is 0 Å². The average molecular weight is 298 g/mol. The van der Waals surface area contributed by atoms with E-state index in [1.165, 1.54) is 0 Å². The first-order chi connectivity index (χ1) is 9.08. The van der Waals surface area contributed by atoms with Gasteiger partial charge < -0.3 is 14.1 Å². The molecule has 0 aromatic carbocycles. The Labute approximate surface area is 122 Å². The van der Waals surface area contributed by atoms with Crippen molar-refractivity contribution in [1.29, 1.82) is 0 Å². The largest absolute Gasteiger partial charge is 0.461 e. The second-order valence-corrected chi connectivity index (χ2v) is 11.2. The molecule has 0 fully saturated rings. The number of esters is 1. The summed E-state index contributed by atoms with van der Waals surface area (Å²) >= 11 is 0. The number of aromatic amines is 1. The molecule has 0 radical (unpaired) electrons. The molecule has 0 saturated heterocycles. The molecule has 0 aliphatic carbocycles. The lowest BCUT2D eigenvalue weighted by atomic mass is 10.2. The zero-order valence-corrected chi connectivity index (χ0v) is 14.6. The van der Waals surface area contributed by atoms with Gasteiger partial charge >= 0.3 is 5.97 Å². The van der Waals surface area contributed by atoms with E-state index in [4.69, 9.17) is 9.16 Å². The molecule has 1 aromatic heterocycles. The van der Waals surface area contributed by atoms with Crippen LogP contribution < -0.4 is 0 Å². The molecule has 0 saturated carbocycles. The molecule has 0 aliphatic rings. The highest BCUT2D eigenvalue weighted by Gasteiger charge is 2.37. The van der Waals surface area contributed by atoms with E-state index in [1.807, 2.05) is 6.92 Å². The van der Waals surface area contributed by atoms with Gasteiger partial charge in [0.2, 0.25) is 0 Å². The molecule has 1 rings (SSSR count). The average Bonchev–Trinajstić information content (AvgIpc) is 2.67. The molecule has 1 heterocycles. The van der Waals surface area contributed by atoms with Gasteiger partial charge in [0.05, 0.1) is 13.2 Å². The molecule has 1 aromatic rings. The van der Waals surface area contributed by atoms with Gasteiger partial charge in [-0.1, -0.05) is 20.8 Å². The van der Waals surface area contributed by atoms with E-state index in [0.717, 1.165) is 5.69 Å². The van der Waals surface area contributed by atoms with Crippen LogP contribution in [0, 0.1) is 6.92 Å². The number of carbonyl (C=O) groups excluding carboxylic acids is 1. The van der Waals surface area contributed by atoms with Crippen LogP contribution in [0.5, 0.6) is 0 Å². The van der Waals surface area contributed by atoms with Crippen molar-refractivity contribution in [3.63, 3.8) is 0 Å². The Kier molecular flexibility index (Phi) is 5.15. The van der Waals surface area contributed by atoms with Crippen LogP contribution in [-0.2, 0) is 15.8 Å². The second-order valence-electron chi connectivity index (χ2n) is 6.43. The maximum absolute atomic E-state index is 11.7. The molecule has 0 aliphatic heterocycles. The highest BCUT2D eigenvalue weighted by atomic mass is 28.4. The third-order valence-corrected chi connectivity index (χ3v) is 8.26. The lowest BCUT2D eigenvalue weighted by molar-refractivity contribution is 0.0519. The Morgan fingerprint density at radius 1 is 1.35 bits per heavy atom. The van der Waals surface area contributed by atoms with Crippen LogP contribution in [0.15, 0.2) is 0 Å². The van der Waals surface area contributed by atoms with E-state index in [1.54, 1.807) is 6.92 Å². The lowest BCUT2D eigenvalue weighted by Gasteiger charge is -2.35. The van der Waals surface area contributed by atoms with E-state index in [9.17, 15) is 4.79 Å². The van der Waals surface area contributed by atoms with Gasteiger partial charge in [-0.3, -0.25) is 0 Å². The fourth-order valence-electron chi connectivity index (χ4n) is 1.45. The zero-order valence-electron chi connectivity index (χ0n) is 13.6. The standard InChI is InChI=1S/C14H26N2O3Si/c1-8-18-13(17)12-10(2)15-11(16-12)9-19-20(6,7)14(3,4)5/h8-9H2,1-7H3,(H,15,16). The van der Waals surface area contributed by atoms with Crippen molar-refractivity contribution in [2.45, 2.75) is 59.4 Å². The van der Waals surface area contributed by atoms with E-state index in [-0.39, 0.29) is 11.0 Å². The van der Waals surface area contributed by atoms with Crippen molar-refractivity contribution < 1.29 is 14.0 Å². The highest BCUT2D eigenvalue weighted by molar-refractivity contribution is 6.74. The number of carbonyl (C=O) groups is 1. The van der Waals surface area contributed by atoms with Crippen molar-refractivity contribution in [2.75, 3.05) is 6.61 Å². The van der Waals surface area contributed by atoms with Crippen LogP contribution in [-0.4, -0.2) is 30.9 Å². The van der Waals surface area contributed by atoms with Crippen LogP contribution in [0.3, 0.4) is 0 Å². The van der Waals surface area contributed by atoms with Gasteiger partial charge in [-0.05, 0) is 32.0 Å². The van der Waals surface area contributed by atoms with E-state index >= 15 is 0 Å². The molecular formula is C14H26N2O3Si. The summed E-state index contributed by atoms with van der Waals surface area (Å²) in [6, 6.07) is 0. The van der Waals surface area contributed by atoms with Gasteiger partial charge in [0.25, 0.3) is 0 Å². The number of rotatable bonds is 5. The van der Waals surface area contributed by atoms with Gasteiger partial charge in [0.15, 0.2) is 14.0 Å². The molecule has 0 amide bonds. The molecule has 1 N–H and O–H groups in total. The number of imidazole rings is 1. The van der Waals surface area contributed by atoms with E-state index in [2.05, 4.69) is 43.8 Å². The summed E-state index contributed by atoms with van der Waals surface area (Å²) in [6.07, 6.45) is 0. The van der Waals surface area contributed by atoms with Gasteiger partial charge in [-0.25, -0.2) is 9.78 Å². The maximum Gasteiger partial charge on any atom is 0.358 e. The third-order valence-electron chi connectivity index (χ3n) is 3.78. The summed E-state index contributed by atoms with van der Waals surface area (Å²) in [4.78, 5) is 19.1. The summed E-state index contributed by atoms with van der Waals surface area (Å²) in [7, 11) is -1.81. The number of aryl methyl sites for hydroxylation is 1. The molecule has 0 bridgehead atoms. The van der Waals surface area contributed by atoms with Crippen LogP contribution in [0.2, 0.25) is 18.1 Å². The number of hydrogen-bond acceptors (Lipinski definition) is 4. The predicted molar refractivity (Wildman–Crippen MR) is 81.3 cm³/mol. The first-order valence-corrected chi connectivity index (χ1v) is 9.86. The van der Waals surface area contributed by atoms with Gasteiger partial charge in [0.1, 0.15) is 5.82 Å². The van der Waals surface area contributed by atoms with Crippen molar-refractivity contribution in [2.24, 2.45) is 0 Å². The third kappa shape index (κ3) is 3.93. The van der Waals surface area contributed by atoms with Gasteiger partial charge in [0, 0.05) is 5.69 Å². The summed E-state index contributed by atoms with van der Waals surface area (Å²) in [6.45, 7) is 15.3. The SMILES string of the molecule is CCOC(=O)c1nc(CO[Si](C)(C)C(C)(C)C)[nH]c1C. The Balaban J connectivity index is 2.76. The number of nitrogens with one attached hydrogen (secondary N) is 1. The molecule has 6 heteroatoms. The minimum Gasteiger partial charge on any atom is -0.461 e. The number of H-pyrrole nitrogens is 1. The van der Waals surface area contributed by atoms with Crippen molar-refractivity contribution in [3.05, 3.63) is 17.2 Å². The Morgan fingerprint density at radius 3 is 2.45 bits per heavy atom. The monoisotopic (exact) mass is 298 g/mol. The Bertz CT molecular complexity index is 475. The number of hydrogen-bond donors (Lipinski definition) is 1. The second kappa shape index (κ2) is 6.09. The van der Waals surface area contributed by atoms with Crippen molar-refractivity contribution in [1.82, 2.24) is 9.97 Å². The molecule has 114 valence electrons. The van der Waals surface area contributed by atoms with Gasteiger partial charge in [-0.2, -0.15) is 0 Å². The number of aromatic nitrogens is 2. The fourth-order valence-corrected chi connectivity index (χ4v) is 2.38. The Morgan fingerprint density at radius 2 is 1.95 bits per heavy atom. The minimum absolute atomic E-state index is 0.151. The fraction of sp³-hybridized carbons (Fsp3) is 0.714. The molecular weight excluding hydrogens is 272 g/mol. The van der Waals surface area contributed by atoms with Crippen molar-refractivity contribution in [3.8, 4) is 0 Å². The van der Waals surface area contributed by atoms with Crippen LogP contribution >= 0.6 is 0 Å². The zero-order chi connectivity index (χ0) is 15.6. The summed E-state index contributed by atoms with van der Waals surface area (Å²) < 4.78 is 11.0. The normalized spacial score (nSPS) is 12.6. The van der Waals surface area contributed by atoms with Crippen molar-refractivity contribution >= 4 is 14.3 Å². The molecule has 0 unspecified atom stereocenters. The van der Waals surface area contributed by atoms with Crippen LogP contribution in [0.4, 0.5) is 0 Å². The first kappa shape index (κ1) is 16.9. The first-order valence-electron chi connectivity index (χ1n) is 6.95. The van der Waals surface area contributed by atoms with E-state index < -0.39 is 8.32 Å². The van der Waals surface area contributed by atoms with Crippen LogP contribution in [0.25, 0.3) is 0 Å².